The van der Waals surface area contributed by atoms with Crippen LogP contribution in [-0.4, -0.2) is 50.4 Å². The molecule has 28 heavy (non-hydrogen) atoms. The summed E-state index contributed by atoms with van der Waals surface area (Å²) >= 11 is 1.53. The van der Waals surface area contributed by atoms with E-state index in [9.17, 15) is 13.2 Å². The van der Waals surface area contributed by atoms with Gasteiger partial charge in [-0.15, -0.1) is 11.3 Å². The lowest BCUT2D eigenvalue weighted by atomic mass is 9.91. The molecule has 5 nitrogen and oxygen atoms in total. The normalized spacial score (nSPS) is 19.7. The Balaban J connectivity index is 1.64. The van der Waals surface area contributed by atoms with Crippen molar-refractivity contribution in [2.24, 2.45) is 0 Å². The van der Waals surface area contributed by atoms with Gasteiger partial charge in [0.15, 0.2) is 9.84 Å². The molecule has 1 fully saturated rings. The Morgan fingerprint density at radius 2 is 2.04 bits per heavy atom. The highest BCUT2D eigenvalue weighted by Gasteiger charge is 2.35. The molecular formula is C21H25NO4S2. The average molecular weight is 420 g/mol. The molecule has 2 aromatic rings. The predicted octanol–water partition coefficient (Wildman–Crippen LogP) is 3.56. The van der Waals surface area contributed by atoms with E-state index in [1.165, 1.54) is 28.0 Å². The Morgan fingerprint density at radius 1 is 1.25 bits per heavy atom. The Morgan fingerprint density at radius 3 is 2.71 bits per heavy atom. The second kappa shape index (κ2) is 7.52. The molecule has 1 aliphatic heterocycles. The van der Waals surface area contributed by atoms with Crippen LogP contribution in [0.2, 0.25) is 0 Å². The number of aryl methyl sites for hydroxylation is 2. The molecule has 150 valence electrons. The highest BCUT2D eigenvalue weighted by atomic mass is 32.2. The van der Waals surface area contributed by atoms with Crippen LogP contribution < -0.4 is 4.74 Å². The van der Waals surface area contributed by atoms with Gasteiger partial charge in [-0.05, 0) is 66.6 Å². The molecule has 7 heteroatoms. The van der Waals surface area contributed by atoms with Gasteiger partial charge in [-0.1, -0.05) is 6.92 Å². The first kappa shape index (κ1) is 19.5. The van der Waals surface area contributed by atoms with Crippen LogP contribution in [0.3, 0.4) is 0 Å². The van der Waals surface area contributed by atoms with Crippen LogP contribution >= 0.6 is 11.3 Å². The van der Waals surface area contributed by atoms with Crippen molar-refractivity contribution in [3.63, 3.8) is 0 Å². The molecule has 0 radical (unpaired) electrons. The zero-order valence-electron chi connectivity index (χ0n) is 16.2. The summed E-state index contributed by atoms with van der Waals surface area (Å²) in [6.45, 7) is 2.61. The maximum Gasteiger partial charge on any atom is 0.264 e. The van der Waals surface area contributed by atoms with E-state index in [1.807, 2.05) is 19.1 Å². The maximum atomic E-state index is 13.3. The zero-order valence-corrected chi connectivity index (χ0v) is 17.9. The summed E-state index contributed by atoms with van der Waals surface area (Å²) < 4.78 is 29.2. The molecule has 0 bridgehead atoms. The monoisotopic (exact) mass is 419 g/mol. The van der Waals surface area contributed by atoms with Gasteiger partial charge in [-0.25, -0.2) is 8.42 Å². The standard InChI is InChI=1S/C21H25NO4S2/c1-3-9-22(16-8-10-28(24,25)13-16)21(23)19-12-15-5-4-14-11-17(26-2)6-7-18(14)20(15)27-19/h6-7,11-12,16H,3-5,8-10,13H2,1-2H3. The summed E-state index contributed by atoms with van der Waals surface area (Å²) in [5.41, 5.74) is 3.64. The molecule has 0 spiro atoms. The lowest BCUT2D eigenvalue weighted by molar-refractivity contribution is 0.0702. The van der Waals surface area contributed by atoms with E-state index < -0.39 is 9.84 Å². The van der Waals surface area contributed by atoms with Crippen LogP contribution in [0.15, 0.2) is 24.3 Å². The fourth-order valence-electron chi connectivity index (χ4n) is 4.20. The third-order valence-corrected chi connectivity index (χ3v) is 8.56. The molecule has 1 unspecified atom stereocenters. The minimum atomic E-state index is -3.03. The third-order valence-electron chi connectivity index (χ3n) is 5.62. The van der Waals surface area contributed by atoms with Gasteiger partial charge in [0.05, 0.1) is 23.5 Å². The highest BCUT2D eigenvalue weighted by Crippen LogP contribution is 2.41. The number of ether oxygens (including phenoxy) is 1. The van der Waals surface area contributed by atoms with Gasteiger partial charge in [0.2, 0.25) is 0 Å². The third kappa shape index (κ3) is 3.57. The second-order valence-electron chi connectivity index (χ2n) is 7.54. The van der Waals surface area contributed by atoms with E-state index in [-0.39, 0.29) is 23.5 Å². The first-order chi connectivity index (χ1) is 13.4. The maximum absolute atomic E-state index is 13.3. The minimum Gasteiger partial charge on any atom is -0.497 e. The van der Waals surface area contributed by atoms with E-state index in [0.29, 0.717) is 17.8 Å². The molecule has 0 saturated carbocycles. The van der Waals surface area contributed by atoms with Crippen LogP contribution in [0, 0.1) is 0 Å². The number of carbonyl (C=O) groups is 1. The fourth-order valence-corrected chi connectivity index (χ4v) is 7.15. The Kier molecular flexibility index (Phi) is 5.22. The second-order valence-corrected chi connectivity index (χ2v) is 10.8. The smallest absolute Gasteiger partial charge is 0.264 e. The number of nitrogens with zero attached hydrogens (tertiary/aromatic N) is 1. The molecule has 0 N–H and O–H groups in total. The number of amides is 1. The van der Waals surface area contributed by atoms with Crippen molar-refractivity contribution in [2.75, 3.05) is 25.2 Å². The van der Waals surface area contributed by atoms with E-state index in [4.69, 9.17) is 4.74 Å². The lowest BCUT2D eigenvalue weighted by Gasteiger charge is -2.27. The molecule has 1 aliphatic carbocycles. The number of benzene rings is 1. The minimum absolute atomic E-state index is 0.0292. The van der Waals surface area contributed by atoms with Gasteiger partial charge in [0.1, 0.15) is 5.75 Å². The summed E-state index contributed by atoms with van der Waals surface area (Å²) in [6.07, 6.45) is 3.20. The Bertz CT molecular complexity index is 1010. The van der Waals surface area contributed by atoms with Crippen LogP contribution in [0.1, 0.15) is 40.6 Å². The van der Waals surface area contributed by atoms with Crippen molar-refractivity contribution >= 4 is 27.1 Å². The van der Waals surface area contributed by atoms with Gasteiger partial charge >= 0.3 is 0 Å². The van der Waals surface area contributed by atoms with Crippen molar-refractivity contribution in [2.45, 2.75) is 38.6 Å². The van der Waals surface area contributed by atoms with Crippen molar-refractivity contribution in [3.05, 3.63) is 40.3 Å². The van der Waals surface area contributed by atoms with Gasteiger partial charge in [-0.2, -0.15) is 0 Å². The van der Waals surface area contributed by atoms with Gasteiger partial charge < -0.3 is 9.64 Å². The molecule has 1 atom stereocenters. The van der Waals surface area contributed by atoms with E-state index in [1.54, 1.807) is 12.0 Å². The molecule has 2 heterocycles. The van der Waals surface area contributed by atoms with E-state index >= 15 is 0 Å². The largest absolute Gasteiger partial charge is 0.497 e. The summed E-state index contributed by atoms with van der Waals surface area (Å²) in [5.74, 6) is 1.10. The summed E-state index contributed by atoms with van der Waals surface area (Å²) in [4.78, 5) is 16.9. The zero-order chi connectivity index (χ0) is 19.9. The van der Waals surface area contributed by atoms with Crippen molar-refractivity contribution in [1.29, 1.82) is 0 Å². The number of carbonyl (C=O) groups excluding carboxylic acids is 1. The lowest BCUT2D eigenvalue weighted by Crippen LogP contribution is -2.41. The van der Waals surface area contributed by atoms with Gasteiger partial charge in [0, 0.05) is 17.5 Å². The number of rotatable bonds is 5. The number of thiophene rings is 1. The first-order valence-electron chi connectivity index (χ1n) is 9.73. The fraction of sp³-hybridized carbons (Fsp3) is 0.476. The number of fused-ring (bicyclic) bond motifs is 3. The molecule has 1 aromatic heterocycles. The van der Waals surface area contributed by atoms with Crippen LogP contribution in [-0.2, 0) is 22.7 Å². The van der Waals surface area contributed by atoms with Gasteiger partial charge in [0.25, 0.3) is 5.91 Å². The summed E-state index contributed by atoms with van der Waals surface area (Å²) in [6, 6.07) is 7.92. The van der Waals surface area contributed by atoms with Crippen molar-refractivity contribution < 1.29 is 17.9 Å². The van der Waals surface area contributed by atoms with Crippen LogP contribution in [0.5, 0.6) is 5.75 Å². The highest BCUT2D eigenvalue weighted by molar-refractivity contribution is 7.91. The summed E-state index contributed by atoms with van der Waals surface area (Å²) in [7, 11) is -1.36. The van der Waals surface area contributed by atoms with Crippen LogP contribution in [0.25, 0.3) is 10.4 Å². The quantitative estimate of drug-likeness (QED) is 0.743. The Hall–Kier alpha value is -1.86. The number of sulfone groups is 1. The molecule has 1 amide bonds. The first-order valence-corrected chi connectivity index (χ1v) is 12.4. The topological polar surface area (TPSA) is 63.7 Å². The van der Waals surface area contributed by atoms with Crippen LogP contribution in [0.4, 0.5) is 0 Å². The molecular weight excluding hydrogens is 394 g/mol. The number of methoxy groups -OCH3 is 1. The average Bonchev–Trinajstić information content (AvgIpc) is 3.28. The van der Waals surface area contributed by atoms with Gasteiger partial charge in [-0.3, -0.25) is 4.79 Å². The Labute approximate surface area is 170 Å². The molecule has 2 aliphatic rings. The molecule has 1 aromatic carbocycles. The van der Waals surface area contributed by atoms with Crippen molar-refractivity contribution in [3.8, 4) is 16.2 Å². The predicted molar refractivity (Wildman–Crippen MR) is 112 cm³/mol. The molecule has 1 saturated heterocycles. The van der Waals surface area contributed by atoms with E-state index in [0.717, 1.165) is 29.9 Å². The van der Waals surface area contributed by atoms with E-state index in [2.05, 4.69) is 12.1 Å². The van der Waals surface area contributed by atoms with Crippen molar-refractivity contribution in [1.82, 2.24) is 4.90 Å². The number of hydrogen-bond acceptors (Lipinski definition) is 5. The number of hydrogen-bond donors (Lipinski definition) is 0. The molecule has 4 rings (SSSR count). The SMILES string of the molecule is CCCN(C(=O)c1cc2c(s1)-c1ccc(OC)cc1CC2)C1CCS(=O)(=O)C1. The summed E-state index contributed by atoms with van der Waals surface area (Å²) in [5, 5.41) is 0.